The molecule has 0 atom stereocenters. The number of nitrogens with one attached hydrogen (secondary N) is 1. The molecule has 4 nitrogen and oxygen atoms in total. The van der Waals surface area contributed by atoms with E-state index in [4.69, 9.17) is 0 Å². The highest BCUT2D eigenvalue weighted by Gasteiger charge is 2.14. The molecule has 2 rings (SSSR count). The molecule has 0 radical (unpaired) electrons. The first kappa shape index (κ1) is 11.3. The van der Waals surface area contributed by atoms with Crippen molar-refractivity contribution in [1.82, 2.24) is 14.3 Å². The molecule has 0 saturated carbocycles. The third-order valence-electron chi connectivity index (χ3n) is 2.44. The van der Waals surface area contributed by atoms with Gasteiger partial charge in [0.05, 0.1) is 0 Å². The summed E-state index contributed by atoms with van der Waals surface area (Å²) in [6.07, 6.45) is 1.76. The van der Waals surface area contributed by atoms with E-state index in [-0.39, 0.29) is 5.56 Å². The molecule has 0 aliphatic carbocycles. The number of aromatic nitrogens is 3. The van der Waals surface area contributed by atoms with Crippen LogP contribution >= 0.6 is 11.5 Å². The van der Waals surface area contributed by atoms with Crippen LogP contribution in [-0.2, 0) is 6.42 Å². The molecule has 0 aliphatic rings. The summed E-state index contributed by atoms with van der Waals surface area (Å²) in [6.45, 7) is 6.18. The number of aromatic amines is 1. The van der Waals surface area contributed by atoms with E-state index in [9.17, 15) is 4.79 Å². The predicted octanol–water partition coefficient (Wildman–Crippen LogP) is 2.46. The molecule has 1 N–H and O–H groups in total. The molecule has 2 aromatic heterocycles. The second-order valence-electron chi connectivity index (χ2n) is 4.16. The average molecular weight is 237 g/mol. The van der Waals surface area contributed by atoms with Crippen LogP contribution in [0.15, 0.2) is 4.79 Å². The Morgan fingerprint density at radius 3 is 2.81 bits per heavy atom. The minimum Gasteiger partial charge on any atom is -0.310 e. The standard InChI is InChI=1S/C11H15N3OS/c1-4-5-7-12-10-8(11(15)13-7)9(6(2)3)16-14-10/h6H,4-5H2,1-3H3,(H,12,13,14,15). The summed E-state index contributed by atoms with van der Waals surface area (Å²) in [5.41, 5.74) is 0.548. The van der Waals surface area contributed by atoms with Gasteiger partial charge in [0.15, 0.2) is 5.65 Å². The van der Waals surface area contributed by atoms with Crippen molar-refractivity contribution in [3.05, 3.63) is 21.1 Å². The predicted molar refractivity (Wildman–Crippen MR) is 66.1 cm³/mol. The van der Waals surface area contributed by atoms with Gasteiger partial charge in [-0.1, -0.05) is 20.8 Å². The summed E-state index contributed by atoms with van der Waals surface area (Å²) < 4.78 is 4.25. The summed E-state index contributed by atoms with van der Waals surface area (Å²) in [6, 6.07) is 0. The van der Waals surface area contributed by atoms with Gasteiger partial charge in [0.2, 0.25) is 0 Å². The van der Waals surface area contributed by atoms with Crippen LogP contribution in [0.2, 0.25) is 0 Å². The summed E-state index contributed by atoms with van der Waals surface area (Å²) in [7, 11) is 0. The van der Waals surface area contributed by atoms with Crippen LogP contribution in [0.1, 0.15) is 43.8 Å². The Labute approximate surface area is 97.9 Å². The lowest BCUT2D eigenvalue weighted by molar-refractivity contribution is 0.833. The maximum Gasteiger partial charge on any atom is 0.261 e. The van der Waals surface area contributed by atoms with Crippen molar-refractivity contribution in [3.8, 4) is 0 Å². The molecule has 0 aromatic carbocycles. The quantitative estimate of drug-likeness (QED) is 0.892. The van der Waals surface area contributed by atoms with Crippen LogP contribution in [0.25, 0.3) is 11.0 Å². The Morgan fingerprint density at radius 1 is 1.44 bits per heavy atom. The highest BCUT2D eigenvalue weighted by Crippen LogP contribution is 2.25. The Kier molecular flexibility index (Phi) is 3.05. The van der Waals surface area contributed by atoms with Gasteiger partial charge in [-0.2, -0.15) is 4.37 Å². The molecule has 0 unspecified atom stereocenters. The molecule has 0 amide bonds. The fraction of sp³-hybridized carbons (Fsp3) is 0.545. The van der Waals surface area contributed by atoms with E-state index < -0.39 is 0 Å². The minimum absolute atomic E-state index is 0.0501. The van der Waals surface area contributed by atoms with Crippen molar-refractivity contribution in [3.63, 3.8) is 0 Å². The van der Waals surface area contributed by atoms with Crippen LogP contribution in [-0.4, -0.2) is 14.3 Å². The van der Waals surface area contributed by atoms with Crippen LogP contribution < -0.4 is 5.56 Å². The zero-order valence-corrected chi connectivity index (χ0v) is 10.5. The highest BCUT2D eigenvalue weighted by atomic mass is 32.1. The number of H-pyrrole nitrogens is 1. The van der Waals surface area contributed by atoms with Gasteiger partial charge in [-0.05, 0) is 23.9 Å². The third-order valence-corrected chi connectivity index (χ3v) is 3.57. The Morgan fingerprint density at radius 2 is 2.19 bits per heavy atom. The van der Waals surface area contributed by atoms with E-state index in [1.807, 2.05) is 0 Å². The number of nitrogens with zero attached hydrogens (tertiary/aromatic N) is 2. The summed E-state index contributed by atoms with van der Waals surface area (Å²) in [4.78, 5) is 20.2. The zero-order chi connectivity index (χ0) is 11.7. The lowest BCUT2D eigenvalue weighted by Crippen LogP contribution is -2.12. The van der Waals surface area contributed by atoms with Crippen LogP contribution in [0.3, 0.4) is 0 Å². The molecule has 86 valence electrons. The minimum atomic E-state index is -0.0501. The molecule has 2 heterocycles. The van der Waals surface area contributed by atoms with Gasteiger partial charge in [-0.3, -0.25) is 4.79 Å². The molecule has 0 spiro atoms. The lowest BCUT2D eigenvalue weighted by Gasteiger charge is -2.01. The van der Waals surface area contributed by atoms with E-state index >= 15 is 0 Å². The van der Waals surface area contributed by atoms with Gasteiger partial charge < -0.3 is 4.98 Å². The number of aryl methyl sites for hydroxylation is 1. The largest absolute Gasteiger partial charge is 0.310 e. The Bertz CT molecular complexity index is 556. The zero-order valence-electron chi connectivity index (χ0n) is 9.70. The first-order valence-electron chi connectivity index (χ1n) is 5.52. The molecule has 2 aromatic rings. The van der Waals surface area contributed by atoms with Crippen LogP contribution in [0.4, 0.5) is 0 Å². The van der Waals surface area contributed by atoms with Crippen molar-refractivity contribution < 1.29 is 0 Å². The number of rotatable bonds is 3. The monoisotopic (exact) mass is 237 g/mol. The van der Waals surface area contributed by atoms with Gasteiger partial charge in [0, 0.05) is 11.3 Å². The molecular formula is C11H15N3OS. The fourth-order valence-electron chi connectivity index (χ4n) is 1.68. The van der Waals surface area contributed by atoms with E-state index in [0.29, 0.717) is 17.0 Å². The summed E-state index contributed by atoms with van der Waals surface area (Å²) in [5, 5.41) is 0.667. The molecule has 0 saturated heterocycles. The maximum atomic E-state index is 11.9. The van der Waals surface area contributed by atoms with Gasteiger partial charge in [-0.15, -0.1) is 0 Å². The SMILES string of the molecule is CCCc1nc2nsc(C(C)C)c2c(=O)[nH]1. The van der Waals surface area contributed by atoms with Crippen molar-refractivity contribution in [1.29, 1.82) is 0 Å². The lowest BCUT2D eigenvalue weighted by atomic mass is 10.1. The average Bonchev–Trinajstić information content (AvgIpc) is 2.62. The van der Waals surface area contributed by atoms with Gasteiger partial charge in [-0.25, -0.2) is 4.98 Å². The molecule has 16 heavy (non-hydrogen) atoms. The van der Waals surface area contributed by atoms with E-state index in [0.717, 1.165) is 23.5 Å². The van der Waals surface area contributed by atoms with Gasteiger partial charge in [0.1, 0.15) is 11.2 Å². The number of hydrogen-bond acceptors (Lipinski definition) is 4. The first-order valence-corrected chi connectivity index (χ1v) is 6.29. The van der Waals surface area contributed by atoms with E-state index in [1.165, 1.54) is 11.5 Å². The maximum absolute atomic E-state index is 11.9. The normalized spacial score (nSPS) is 11.5. The van der Waals surface area contributed by atoms with Crippen molar-refractivity contribution >= 4 is 22.6 Å². The summed E-state index contributed by atoms with van der Waals surface area (Å²) in [5.74, 6) is 1.05. The fourth-order valence-corrected chi connectivity index (χ4v) is 2.49. The van der Waals surface area contributed by atoms with Crippen LogP contribution in [0.5, 0.6) is 0 Å². The Balaban J connectivity index is 2.64. The Hall–Kier alpha value is -1.23. The van der Waals surface area contributed by atoms with E-state index in [1.54, 1.807) is 0 Å². The first-order chi connectivity index (χ1) is 7.63. The van der Waals surface area contributed by atoms with Gasteiger partial charge >= 0.3 is 0 Å². The van der Waals surface area contributed by atoms with Crippen LogP contribution in [0, 0.1) is 0 Å². The second-order valence-corrected chi connectivity index (χ2v) is 4.97. The van der Waals surface area contributed by atoms with Crippen molar-refractivity contribution in [2.24, 2.45) is 0 Å². The topological polar surface area (TPSA) is 58.6 Å². The van der Waals surface area contributed by atoms with E-state index in [2.05, 4.69) is 35.1 Å². The molecule has 0 aliphatic heterocycles. The van der Waals surface area contributed by atoms with Gasteiger partial charge in [0.25, 0.3) is 5.56 Å². The summed E-state index contributed by atoms with van der Waals surface area (Å²) >= 11 is 1.38. The molecular weight excluding hydrogens is 222 g/mol. The molecule has 0 bridgehead atoms. The molecule has 5 heteroatoms. The van der Waals surface area contributed by atoms with Crippen molar-refractivity contribution in [2.75, 3.05) is 0 Å². The number of fused-ring (bicyclic) bond motifs is 1. The highest BCUT2D eigenvalue weighted by molar-refractivity contribution is 7.07. The smallest absolute Gasteiger partial charge is 0.261 e. The third kappa shape index (κ3) is 1.87. The molecule has 0 fully saturated rings. The second kappa shape index (κ2) is 4.33. The van der Waals surface area contributed by atoms with Crippen molar-refractivity contribution in [2.45, 2.75) is 39.5 Å². The number of hydrogen-bond donors (Lipinski definition) is 1.